The molecule has 0 radical (unpaired) electrons. The molecular weight excluding hydrogens is 275 g/mol. The number of ether oxygens (including phenoxy) is 1. The second-order valence-corrected chi connectivity index (χ2v) is 5.34. The van der Waals surface area contributed by atoms with Gasteiger partial charge in [-0.15, -0.1) is 0 Å². The minimum Gasteiger partial charge on any atom is -0.494 e. The monoisotopic (exact) mass is 294 g/mol. The van der Waals surface area contributed by atoms with Crippen LogP contribution in [0.3, 0.4) is 0 Å². The van der Waals surface area contributed by atoms with Crippen molar-refractivity contribution in [1.29, 1.82) is 0 Å². The molecular formula is C15H19FN2O3. The summed E-state index contributed by atoms with van der Waals surface area (Å²) in [4.78, 5) is 26.1. The number of amides is 2. The summed E-state index contributed by atoms with van der Waals surface area (Å²) in [6, 6.07) is 3.54. The lowest BCUT2D eigenvalue weighted by Crippen LogP contribution is -2.68. The Morgan fingerprint density at radius 1 is 1.43 bits per heavy atom. The van der Waals surface area contributed by atoms with Crippen molar-refractivity contribution in [1.82, 2.24) is 5.32 Å². The Morgan fingerprint density at radius 2 is 2.10 bits per heavy atom. The molecule has 0 aliphatic carbocycles. The van der Waals surface area contributed by atoms with E-state index in [9.17, 15) is 14.0 Å². The lowest BCUT2D eigenvalue weighted by atomic mass is 9.91. The van der Waals surface area contributed by atoms with Crippen molar-refractivity contribution in [3.05, 3.63) is 24.0 Å². The molecule has 5 nitrogen and oxygen atoms in total. The molecule has 114 valence electrons. The van der Waals surface area contributed by atoms with Gasteiger partial charge in [0, 0.05) is 11.8 Å². The Morgan fingerprint density at radius 3 is 2.62 bits per heavy atom. The van der Waals surface area contributed by atoms with Crippen LogP contribution in [0.4, 0.5) is 10.1 Å². The van der Waals surface area contributed by atoms with Crippen LogP contribution in [0.1, 0.15) is 27.2 Å². The van der Waals surface area contributed by atoms with Gasteiger partial charge in [-0.1, -0.05) is 6.92 Å². The smallest absolute Gasteiger partial charge is 0.253 e. The molecule has 21 heavy (non-hydrogen) atoms. The second kappa shape index (κ2) is 5.35. The van der Waals surface area contributed by atoms with Crippen molar-refractivity contribution in [2.75, 3.05) is 12.0 Å². The van der Waals surface area contributed by atoms with Gasteiger partial charge < -0.3 is 10.1 Å². The first-order chi connectivity index (χ1) is 9.84. The highest BCUT2D eigenvalue weighted by Gasteiger charge is 2.46. The molecule has 1 heterocycles. The molecule has 1 aromatic rings. The van der Waals surface area contributed by atoms with Gasteiger partial charge in [0.25, 0.3) is 5.91 Å². The van der Waals surface area contributed by atoms with Gasteiger partial charge in [-0.3, -0.25) is 14.5 Å². The van der Waals surface area contributed by atoms with E-state index in [1.165, 1.54) is 24.1 Å². The van der Waals surface area contributed by atoms with Gasteiger partial charge in [0.2, 0.25) is 5.91 Å². The van der Waals surface area contributed by atoms with Crippen molar-refractivity contribution < 1.29 is 18.7 Å². The normalized spacial score (nSPS) is 25.8. The lowest BCUT2D eigenvalue weighted by Gasteiger charge is -2.43. The lowest BCUT2D eigenvalue weighted by molar-refractivity contribution is -0.137. The highest BCUT2D eigenvalue weighted by Crippen LogP contribution is 2.30. The molecule has 0 aromatic heterocycles. The Labute approximate surface area is 123 Å². The van der Waals surface area contributed by atoms with Crippen LogP contribution in [-0.4, -0.2) is 30.5 Å². The summed E-state index contributed by atoms with van der Waals surface area (Å²) in [5, 5.41) is 2.73. The van der Waals surface area contributed by atoms with Gasteiger partial charge in [-0.2, -0.15) is 0 Å². The first-order valence-corrected chi connectivity index (χ1v) is 6.83. The van der Waals surface area contributed by atoms with Crippen LogP contribution >= 0.6 is 0 Å². The Bertz CT molecular complexity index is 590. The van der Waals surface area contributed by atoms with Crippen molar-refractivity contribution in [2.45, 2.75) is 38.8 Å². The Kier molecular flexibility index (Phi) is 3.89. The Hall–Kier alpha value is -2.11. The molecule has 1 aliphatic heterocycles. The zero-order chi connectivity index (χ0) is 15.8. The number of nitrogens with zero attached hydrogens (tertiary/aromatic N) is 1. The van der Waals surface area contributed by atoms with Gasteiger partial charge in [0.05, 0.1) is 7.11 Å². The molecule has 0 saturated carbocycles. The van der Waals surface area contributed by atoms with E-state index in [0.29, 0.717) is 12.1 Å². The number of halogens is 1. The molecule has 1 saturated heterocycles. The molecule has 6 heteroatoms. The minimum absolute atomic E-state index is 0.0959. The van der Waals surface area contributed by atoms with E-state index in [-0.39, 0.29) is 17.6 Å². The standard InChI is InChI=1S/C15H19FN2O3/c1-5-15(3)14(20)18(9(2)13(19)17-15)10-6-7-12(21-4)11(16)8-10/h6-9H,5H2,1-4H3,(H,17,19). The van der Waals surface area contributed by atoms with Crippen LogP contribution in [0.5, 0.6) is 5.75 Å². The first-order valence-electron chi connectivity index (χ1n) is 6.83. The summed E-state index contributed by atoms with van der Waals surface area (Å²) >= 11 is 0. The number of nitrogens with one attached hydrogen (secondary N) is 1. The summed E-state index contributed by atoms with van der Waals surface area (Å²) in [5.41, 5.74) is -0.625. The van der Waals surface area contributed by atoms with Crippen LogP contribution in [0.25, 0.3) is 0 Å². The average molecular weight is 294 g/mol. The van der Waals surface area contributed by atoms with Crippen molar-refractivity contribution in [3.8, 4) is 5.75 Å². The molecule has 2 amide bonds. The van der Waals surface area contributed by atoms with Crippen LogP contribution in [0.15, 0.2) is 18.2 Å². The van der Waals surface area contributed by atoms with Crippen LogP contribution in [-0.2, 0) is 9.59 Å². The summed E-state index contributed by atoms with van der Waals surface area (Å²) in [6.45, 7) is 5.11. The Balaban J connectivity index is 2.46. The number of piperazine rings is 1. The summed E-state index contributed by atoms with van der Waals surface area (Å²) < 4.78 is 18.7. The highest BCUT2D eigenvalue weighted by atomic mass is 19.1. The summed E-state index contributed by atoms with van der Waals surface area (Å²) in [7, 11) is 1.37. The number of rotatable bonds is 3. The third-order valence-corrected chi connectivity index (χ3v) is 3.98. The third-order valence-electron chi connectivity index (χ3n) is 3.98. The highest BCUT2D eigenvalue weighted by molar-refractivity contribution is 6.10. The zero-order valence-corrected chi connectivity index (χ0v) is 12.6. The van der Waals surface area contributed by atoms with E-state index >= 15 is 0 Å². The third kappa shape index (κ3) is 2.46. The number of carbonyl (C=O) groups is 2. The second-order valence-electron chi connectivity index (χ2n) is 5.34. The molecule has 1 aliphatic rings. The molecule has 1 fully saturated rings. The van der Waals surface area contributed by atoms with E-state index in [2.05, 4.69) is 5.32 Å². The van der Waals surface area contributed by atoms with E-state index in [1.54, 1.807) is 19.9 Å². The number of anilines is 1. The predicted octanol–water partition coefficient (Wildman–Crippen LogP) is 1.85. The van der Waals surface area contributed by atoms with Gasteiger partial charge in [-0.25, -0.2) is 4.39 Å². The number of hydrogen-bond acceptors (Lipinski definition) is 3. The summed E-state index contributed by atoms with van der Waals surface area (Å²) in [5.74, 6) is -0.977. The van der Waals surface area contributed by atoms with Crippen LogP contribution < -0.4 is 15.0 Å². The minimum atomic E-state index is -0.972. The maximum absolute atomic E-state index is 13.9. The molecule has 2 rings (SSSR count). The van der Waals surface area contributed by atoms with E-state index in [0.717, 1.165) is 0 Å². The number of carbonyl (C=O) groups excluding carboxylic acids is 2. The van der Waals surface area contributed by atoms with Crippen LogP contribution in [0.2, 0.25) is 0 Å². The van der Waals surface area contributed by atoms with Gasteiger partial charge >= 0.3 is 0 Å². The quantitative estimate of drug-likeness (QED) is 0.925. The molecule has 0 spiro atoms. The SMILES string of the molecule is CCC1(C)NC(=O)C(C)N(c2ccc(OC)c(F)c2)C1=O. The molecule has 2 unspecified atom stereocenters. The van der Waals surface area contributed by atoms with Crippen LogP contribution in [0, 0.1) is 5.82 Å². The zero-order valence-electron chi connectivity index (χ0n) is 12.6. The predicted molar refractivity (Wildman–Crippen MR) is 76.7 cm³/mol. The van der Waals surface area contributed by atoms with Gasteiger partial charge in [-0.05, 0) is 32.4 Å². The molecule has 0 bridgehead atoms. The number of methoxy groups -OCH3 is 1. The van der Waals surface area contributed by atoms with E-state index < -0.39 is 17.4 Å². The number of hydrogen-bond donors (Lipinski definition) is 1. The maximum atomic E-state index is 13.9. The van der Waals surface area contributed by atoms with Gasteiger partial charge in [0.15, 0.2) is 11.6 Å². The van der Waals surface area contributed by atoms with Crippen molar-refractivity contribution in [2.24, 2.45) is 0 Å². The fourth-order valence-corrected chi connectivity index (χ4v) is 2.37. The maximum Gasteiger partial charge on any atom is 0.253 e. The number of benzene rings is 1. The van der Waals surface area contributed by atoms with Crippen molar-refractivity contribution >= 4 is 17.5 Å². The fourth-order valence-electron chi connectivity index (χ4n) is 2.37. The van der Waals surface area contributed by atoms with Gasteiger partial charge in [0.1, 0.15) is 11.6 Å². The molecule has 1 N–H and O–H groups in total. The molecule has 1 aromatic carbocycles. The largest absolute Gasteiger partial charge is 0.494 e. The van der Waals surface area contributed by atoms with Crippen molar-refractivity contribution in [3.63, 3.8) is 0 Å². The molecule has 2 atom stereocenters. The van der Waals surface area contributed by atoms with E-state index in [1.807, 2.05) is 6.92 Å². The first kappa shape index (κ1) is 15.3. The fraction of sp³-hybridized carbons (Fsp3) is 0.467. The van der Waals surface area contributed by atoms with E-state index in [4.69, 9.17) is 4.74 Å². The topological polar surface area (TPSA) is 58.6 Å². The summed E-state index contributed by atoms with van der Waals surface area (Å²) in [6.07, 6.45) is 0.458. The average Bonchev–Trinajstić information content (AvgIpc) is 2.46.